The van der Waals surface area contributed by atoms with Gasteiger partial charge in [-0.25, -0.2) is 0 Å². The standard InChI is InChI=1S/C21H40O4/c1-3-5-7-11-15-19(16-12-8-6-4-2)25-21(24)18-14-10-9-13-17-20(22)23/h19H,3-18H2,1-2H3,(H,22,23). The van der Waals surface area contributed by atoms with Crippen molar-refractivity contribution in [3.63, 3.8) is 0 Å². The molecule has 0 aliphatic heterocycles. The molecule has 0 amide bonds. The molecule has 0 atom stereocenters. The molecule has 0 rings (SSSR count). The first-order valence-corrected chi connectivity index (χ1v) is 10.5. The van der Waals surface area contributed by atoms with Crippen LogP contribution in [-0.2, 0) is 14.3 Å². The fraction of sp³-hybridized carbons (Fsp3) is 0.905. The molecular weight excluding hydrogens is 316 g/mol. The third-order valence-electron chi connectivity index (χ3n) is 4.58. The van der Waals surface area contributed by atoms with Gasteiger partial charge >= 0.3 is 11.9 Å². The molecule has 0 aliphatic rings. The first-order valence-electron chi connectivity index (χ1n) is 10.5. The van der Waals surface area contributed by atoms with Crippen LogP contribution in [0.5, 0.6) is 0 Å². The summed E-state index contributed by atoms with van der Waals surface area (Å²) in [5, 5.41) is 8.59. The van der Waals surface area contributed by atoms with Crippen LogP contribution in [0.4, 0.5) is 0 Å². The molecule has 0 bridgehead atoms. The normalized spacial score (nSPS) is 11.0. The molecule has 0 aromatic heterocycles. The summed E-state index contributed by atoms with van der Waals surface area (Å²) in [5.74, 6) is -0.817. The van der Waals surface area contributed by atoms with E-state index in [0.717, 1.165) is 44.9 Å². The van der Waals surface area contributed by atoms with Gasteiger partial charge < -0.3 is 9.84 Å². The Morgan fingerprint density at radius 3 is 1.68 bits per heavy atom. The Labute approximate surface area is 154 Å². The number of esters is 1. The summed E-state index contributed by atoms with van der Waals surface area (Å²) in [5.41, 5.74) is 0. The number of carboxylic acids is 1. The number of unbranched alkanes of at least 4 members (excludes halogenated alkanes) is 9. The number of aliphatic carboxylic acids is 1. The molecule has 0 fully saturated rings. The van der Waals surface area contributed by atoms with Crippen LogP contribution in [0, 0.1) is 0 Å². The molecule has 148 valence electrons. The van der Waals surface area contributed by atoms with Gasteiger partial charge in [-0.2, -0.15) is 0 Å². The summed E-state index contributed by atoms with van der Waals surface area (Å²) in [4.78, 5) is 22.5. The predicted octanol–water partition coefficient (Wildman–Crippen LogP) is 6.26. The molecule has 4 nitrogen and oxygen atoms in total. The lowest BCUT2D eigenvalue weighted by Gasteiger charge is -2.18. The van der Waals surface area contributed by atoms with Gasteiger partial charge in [0.25, 0.3) is 0 Å². The lowest BCUT2D eigenvalue weighted by Crippen LogP contribution is -2.18. The Morgan fingerprint density at radius 2 is 1.20 bits per heavy atom. The maximum Gasteiger partial charge on any atom is 0.306 e. The number of ether oxygens (including phenoxy) is 1. The van der Waals surface area contributed by atoms with Crippen LogP contribution in [0.25, 0.3) is 0 Å². The van der Waals surface area contributed by atoms with E-state index < -0.39 is 5.97 Å². The van der Waals surface area contributed by atoms with Crippen molar-refractivity contribution in [3.8, 4) is 0 Å². The zero-order valence-corrected chi connectivity index (χ0v) is 16.6. The first-order chi connectivity index (χ1) is 12.1. The average Bonchev–Trinajstić information content (AvgIpc) is 2.58. The third kappa shape index (κ3) is 17.6. The van der Waals surface area contributed by atoms with Crippen molar-refractivity contribution in [2.24, 2.45) is 0 Å². The Bertz CT molecular complexity index is 316. The maximum atomic E-state index is 12.1. The Kier molecular flexibility index (Phi) is 17.0. The minimum atomic E-state index is -0.742. The monoisotopic (exact) mass is 356 g/mol. The van der Waals surface area contributed by atoms with Gasteiger partial charge in [0.2, 0.25) is 0 Å². The summed E-state index contributed by atoms with van der Waals surface area (Å²) >= 11 is 0. The van der Waals surface area contributed by atoms with Crippen LogP contribution in [-0.4, -0.2) is 23.1 Å². The highest BCUT2D eigenvalue weighted by Gasteiger charge is 2.14. The van der Waals surface area contributed by atoms with Crippen LogP contribution in [0.2, 0.25) is 0 Å². The molecule has 0 heterocycles. The van der Waals surface area contributed by atoms with E-state index in [1.54, 1.807) is 0 Å². The number of hydrogen-bond acceptors (Lipinski definition) is 3. The van der Waals surface area contributed by atoms with Gasteiger partial charge in [-0.15, -0.1) is 0 Å². The summed E-state index contributed by atoms with van der Waals surface area (Å²) < 4.78 is 5.72. The second-order valence-electron chi connectivity index (χ2n) is 7.12. The fourth-order valence-corrected chi connectivity index (χ4v) is 3.00. The Hall–Kier alpha value is -1.06. The van der Waals surface area contributed by atoms with Crippen molar-refractivity contribution in [1.29, 1.82) is 0 Å². The number of rotatable bonds is 18. The van der Waals surface area contributed by atoms with E-state index in [2.05, 4.69) is 13.8 Å². The molecule has 1 N–H and O–H groups in total. The molecule has 0 aromatic rings. The number of carboxylic acid groups (broad SMARTS) is 1. The summed E-state index contributed by atoms with van der Waals surface area (Å²) in [6, 6.07) is 0. The molecule has 0 unspecified atom stereocenters. The second-order valence-corrected chi connectivity index (χ2v) is 7.12. The minimum absolute atomic E-state index is 0.0748. The van der Waals surface area contributed by atoms with Crippen LogP contribution in [0.1, 0.15) is 117 Å². The van der Waals surface area contributed by atoms with E-state index in [1.165, 1.54) is 38.5 Å². The largest absolute Gasteiger partial charge is 0.481 e. The zero-order chi connectivity index (χ0) is 18.8. The molecule has 25 heavy (non-hydrogen) atoms. The maximum absolute atomic E-state index is 12.1. The van der Waals surface area contributed by atoms with Crippen molar-refractivity contribution in [2.75, 3.05) is 0 Å². The molecule has 0 aliphatic carbocycles. The highest BCUT2D eigenvalue weighted by molar-refractivity contribution is 5.69. The highest BCUT2D eigenvalue weighted by Crippen LogP contribution is 2.17. The highest BCUT2D eigenvalue weighted by atomic mass is 16.5. The first kappa shape index (κ1) is 23.9. The van der Waals surface area contributed by atoms with Crippen molar-refractivity contribution >= 4 is 11.9 Å². The lowest BCUT2D eigenvalue weighted by molar-refractivity contribution is -0.150. The van der Waals surface area contributed by atoms with E-state index in [0.29, 0.717) is 12.8 Å². The molecule has 0 saturated carbocycles. The number of hydrogen-bond donors (Lipinski definition) is 1. The number of carbonyl (C=O) groups excluding carboxylic acids is 1. The van der Waals surface area contributed by atoms with E-state index >= 15 is 0 Å². The van der Waals surface area contributed by atoms with Crippen LogP contribution >= 0.6 is 0 Å². The molecule has 0 spiro atoms. The van der Waals surface area contributed by atoms with Crippen molar-refractivity contribution in [1.82, 2.24) is 0 Å². The average molecular weight is 357 g/mol. The zero-order valence-electron chi connectivity index (χ0n) is 16.6. The van der Waals surface area contributed by atoms with Gasteiger partial charge in [-0.1, -0.05) is 65.2 Å². The molecule has 0 aromatic carbocycles. The molecular formula is C21H40O4. The topological polar surface area (TPSA) is 63.6 Å². The van der Waals surface area contributed by atoms with Gasteiger partial charge in [0.15, 0.2) is 0 Å². The van der Waals surface area contributed by atoms with Crippen molar-refractivity contribution in [3.05, 3.63) is 0 Å². The van der Waals surface area contributed by atoms with Crippen molar-refractivity contribution < 1.29 is 19.4 Å². The van der Waals surface area contributed by atoms with E-state index in [4.69, 9.17) is 9.84 Å². The van der Waals surface area contributed by atoms with Gasteiger partial charge in [-0.3, -0.25) is 9.59 Å². The van der Waals surface area contributed by atoms with Crippen LogP contribution in [0.15, 0.2) is 0 Å². The second kappa shape index (κ2) is 17.8. The van der Waals surface area contributed by atoms with Crippen LogP contribution < -0.4 is 0 Å². The summed E-state index contributed by atoms with van der Waals surface area (Å²) in [6.07, 6.45) is 15.8. The smallest absolute Gasteiger partial charge is 0.306 e. The van der Waals surface area contributed by atoms with Crippen molar-refractivity contribution in [2.45, 2.75) is 123 Å². The van der Waals surface area contributed by atoms with Gasteiger partial charge in [-0.05, 0) is 38.5 Å². The van der Waals surface area contributed by atoms with Gasteiger partial charge in [0.1, 0.15) is 6.10 Å². The summed E-state index contributed by atoms with van der Waals surface area (Å²) in [7, 11) is 0. The number of carbonyl (C=O) groups is 2. The van der Waals surface area contributed by atoms with Crippen LogP contribution in [0.3, 0.4) is 0 Å². The summed E-state index contributed by atoms with van der Waals surface area (Å²) in [6.45, 7) is 4.41. The van der Waals surface area contributed by atoms with E-state index in [1.807, 2.05) is 0 Å². The van der Waals surface area contributed by atoms with Gasteiger partial charge in [0, 0.05) is 12.8 Å². The lowest BCUT2D eigenvalue weighted by atomic mass is 10.0. The van der Waals surface area contributed by atoms with Gasteiger partial charge in [0.05, 0.1) is 0 Å². The quantitative estimate of drug-likeness (QED) is 0.232. The molecule has 4 heteroatoms. The SMILES string of the molecule is CCCCCCC(CCCCCC)OC(=O)CCCCCCC(=O)O. The van der Waals surface area contributed by atoms with E-state index in [9.17, 15) is 9.59 Å². The molecule has 0 saturated heterocycles. The third-order valence-corrected chi connectivity index (χ3v) is 4.58. The predicted molar refractivity (Wildman–Crippen MR) is 103 cm³/mol. The van der Waals surface area contributed by atoms with E-state index in [-0.39, 0.29) is 18.5 Å². The Morgan fingerprint density at radius 1 is 0.720 bits per heavy atom. The fourth-order valence-electron chi connectivity index (χ4n) is 3.00. The Balaban J connectivity index is 3.92. The minimum Gasteiger partial charge on any atom is -0.481 e. The molecule has 0 radical (unpaired) electrons.